The molecule has 130 valence electrons. The van der Waals surface area contributed by atoms with Crippen LogP contribution in [0.15, 0.2) is 34.8 Å². The van der Waals surface area contributed by atoms with Crippen molar-refractivity contribution in [2.24, 2.45) is 0 Å². The van der Waals surface area contributed by atoms with Gasteiger partial charge in [0.25, 0.3) is 5.91 Å². The van der Waals surface area contributed by atoms with Gasteiger partial charge in [0, 0.05) is 10.0 Å². The number of ether oxygens (including phenoxy) is 2. The maximum Gasteiger partial charge on any atom is 0.258 e. The predicted octanol–water partition coefficient (Wildman–Crippen LogP) is 4.31. The molecule has 2 aromatic carbocycles. The van der Waals surface area contributed by atoms with Crippen LogP contribution in [0.2, 0.25) is 0 Å². The number of amides is 1. The minimum Gasteiger partial charge on any atom is -0.491 e. The Labute approximate surface area is 151 Å². The molecular weight excluding hydrogens is 396 g/mol. The van der Waals surface area contributed by atoms with E-state index >= 15 is 0 Å². The summed E-state index contributed by atoms with van der Waals surface area (Å²) >= 11 is 3.39. The van der Waals surface area contributed by atoms with Crippen molar-refractivity contribution in [2.45, 2.75) is 18.4 Å². The van der Waals surface area contributed by atoms with Crippen LogP contribution in [-0.2, 0) is 0 Å². The quantitative estimate of drug-likeness (QED) is 0.741. The van der Waals surface area contributed by atoms with Crippen molar-refractivity contribution < 1.29 is 23.0 Å². The molecule has 4 rings (SSSR count). The first kappa shape index (κ1) is 16.3. The standard InChI is InChI=1S/C18H14BrF2NO3/c1-24-16-12(20)6-10(7-13(16)21)17(23)22-9-18(4-5-18)25-15-8-11(19)2-3-14(15)22/h2-3,6-8H,4-5,9H2,1H3. The van der Waals surface area contributed by atoms with Crippen LogP contribution in [0.1, 0.15) is 23.2 Å². The van der Waals surface area contributed by atoms with Gasteiger partial charge in [-0.1, -0.05) is 15.9 Å². The molecule has 0 N–H and O–H groups in total. The van der Waals surface area contributed by atoms with Gasteiger partial charge >= 0.3 is 0 Å². The summed E-state index contributed by atoms with van der Waals surface area (Å²) < 4.78 is 39.5. The Morgan fingerprint density at radius 2 is 1.92 bits per heavy atom. The fourth-order valence-corrected chi connectivity index (χ4v) is 3.39. The second kappa shape index (κ2) is 5.69. The smallest absolute Gasteiger partial charge is 0.258 e. The van der Waals surface area contributed by atoms with Gasteiger partial charge in [-0.05, 0) is 43.2 Å². The third-order valence-corrected chi connectivity index (χ3v) is 4.98. The Kier molecular flexibility index (Phi) is 3.72. The fourth-order valence-electron chi connectivity index (χ4n) is 3.05. The number of nitrogens with zero attached hydrogens (tertiary/aromatic N) is 1. The molecule has 1 spiro atoms. The third-order valence-electron chi connectivity index (χ3n) is 4.49. The highest BCUT2D eigenvalue weighted by atomic mass is 79.9. The molecule has 0 aromatic heterocycles. The van der Waals surface area contributed by atoms with Crippen LogP contribution in [-0.4, -0.2) is 25.2 Å². The van der Waals surface area contributed by atoms with E-state index in [1.54, 1.807) is 18.2 Å². The normalized spacial score (nSPS) is 17.0. The molecule has 0 unspecified atom stereocenters. The van der Waals surface area contributed by atoms with Gasteiger partial charge in [0.2, 0.25) is 0 Å². The van der Waals surface area contributed by atoms with E-state index in [4.69, 9.17) is 4.74 Å². The second-order valence-electron chi connectivity index (χ2n) is 6.26. The topological polar surface area (TPSA) is 38.8 Å². The summed E-state index contributed by atoms with van der Waals surface area (Å²) in [4.78, 5) is 14.5. The van der Waals surface area contributed by atoms with Crippen LogP contribution in [0.3, 0.4) is 0 Å². The van der Waals surface area contributed by atoms with E-state index in [9.17, 15) is 13.6 Å². The van der Waals surface area contributed by atoms with Crippen molar-refractivity contribution in [3.8, 4) is 11.5 Å². The van der Waals surface area contributed by atoms with E-state index < -0.39 is 28.9 Å². The largest absolute Gasteiger partial charge is 0.491 e. The highest BCUT2D eigenvalue weighted by Gasteiger charge is 2.51. The number of hydrogen-bond acceptors (Lipinski definition) is 3. The molecule has 0 atom stereocenters. The van der Waals surface area contributed by atoms with Gasteiger partial charge in [0.05, 0.1) is 19.3 Å². The number of methoxy groups -OCH3 is 1. The van der Waals surface area contributed by atoms with Crippen molar-refractivity contribution in [3.63, 3.8) is 0 Å². The maximum atomic E-state index is 14.0. The number of anilines is 1. The van der Waals surface area contributed by atoms with Gasteiger partial charge in [-0.15, -0.1) is 0 Å². The summed E-state index contributed by atoms with van der Waals surface area (Å²) in [5.74, 6) is -2.20. The lowest BCUT2D eigenvalue weighted by molar-refractivity contribution is 0.0942. The number of rotatable bonds is 2. The maximum absolute atomic E-state index is 14.0. The minimum absolute atomic E-state index is 0.0673. The van der Waals surface area contributed by atoms with Crippen LogP contribution in [0.25, 0.3) is 0 Å². The Bertz CT molecular complexity index is 860. The van der Waals surface area contributed by atoms with Crippen LogP contribution in [0, 0.1) is 11.6 Å². The first-order valence-corrected chi connectivity index (χ1v) is 8.55. The van der Waals surface area contributed by atoms with E-state index in [1.165, 1.54) is 12.0 Å². The highest BCUT2D eigenvalue weighted by molar-refractivity contribution is 9.10. The van der Waals surface area contributed by atoms with Gasteiger partial charge in [-0.3, -0.25) is 4.79 Å². The number of carbonyl (C=O) groups excluding carboxylic acids is 1. The number of carbonyl (C=O) groups is 1. The summed E-state index contributed by atoms with van der Waals surface area (Å²) in [5, 5.41) is 0. The second-order valence-corrected chi connectivity index (χ2v) is 7.18. The molecule has 1 aliphatic heterocycles. The molecule has 25 heavy (non-hydrogen) atoms. The van der Waals surface area contributed by atoms with E-state index in [1.807, 2.05) is 0 Å². The number of benzene rings is 2. The predicted molar refractivity (Wildman–Crippen MR) is 91.3 cm³/mol. The van der Waals surface area contributed by atoms with Crippen LogP contribution >= 0.6 is 15.9 Å². The van der Waals surface area contributed by atoms with Crippen LogP contribution < -0.4 is 14.4 Å². The summed E-state index contributed by atoms with van der Waals surface area (Å²) in [5.41, 5.74) is 0.122. The fraction of sp³-hybridized carbons (Fsp3) is 0.278. The zero-order chi connectivity index (χ0) is 17.8. The summed E-state index contributed by atoms with van der Waals surface area (Å²) in [7, 11) is 1.18. The van der Waals surface area contributed by atoms with Gasteiger partial charge < -0.3 is 14.4 Å². The number of hydrogen-bond donors (Lipinski definition) is 0. The molecule has 1 saturated carbocycles. The Morgan fingerprint density at radius 3 is 2.52 bits per heavy atom. The van der Waals surface area contributed by atoms with Crippen molar-refractivity contribution in [2.75, 3.05) is 18.6 Å². The van der Waals surface area contributed by atoms with Crippen molar-refractivity contribution >= 4 is 27.5 Å². The summed E-state index contributed by atoms with van der Waals surface area (Å²) in [6, 6.07) is 7.34. The molecule has 4 nitrogen and oxygen atoms in total. The molecule has 0 radical (unpaired) electrons. The SMILES string of the molecule is COc1c(F)cc(C(=O)N2CC3(CC3)Oc3cc(Br)ccc32)cc1F. The molecule has 0 saturated heterocycles. The zero-order valence-electron chi connectivity index (χ0n) is 13.3. The van der Waals surface area contributed by atoms with E-state index in [-0.39, 0.29) is 5.56 Å². The zero-order valence-corrected chi connectivity index (χ0v) is 14.9. The number of halogens is 3. The molecule has 7 heteroatoms. The first-order valence-electron chi connectivity index (χ1n) is 7.76. The lowest BCUT2D eigenvalue weighted by Crippen LogP contribution is -2.45. The average Bonchev–Trinajstić information content (AvgIpc) is 3.31. The first-order chi connectivity index (χ1) is 11.9. The van der Waals surface area contributed by atoms with Crippen molar-refractivity contribution in [3.05, 3.63) is 52.0 Å². The molecule has 0 bridgehead atoms. The van der Waals surface area contributed by atoms with Crippen LogP contribution in [0.4, 0.5) is 14.5 Å². The van der Waals surface area contributed by atoms with Gasteiger partial charge in [-0.2, -0.15) is 0 Å². The van der Waals surface area contributed by atoms with Gasteiger partial charge in [0.1, 0.15) is 11.4 Å². The molecule has 1 amide bonds. The van der Waals surface area contributed by atoms with Gasteiger partial charge in [0.15, 0.2) is 17.4 Å². The van der Waals surface area contributed by atoms with Gasteiger partial charge in [-0.25, -0.2) is 8.78 Å². The molecule has 2 aliphatic rings. The highest BCUT2D eigenvalue weighted by Crippen LogP contribution is 2.49. The summed E-state index contributed by atoms with van der Waals surface area (Å²) in [6.45, 7) is 0.357. The molecule has 1 fully saturated rings. The Hall–Kier alpha value is -2.15. The number of fused-ring (bicyclic) bond motifs is 1. The lowest BCUT2D eigenvalue weighted by Gasteiger charge is -2.35. The minimum atomic E-state index is -0.906. The Balaban J connectivity index is 1.76. The lowest BCUT2D eigenvalue weighted by atomic mass is 10.1. The summed E-state index contributed by atoms with van der Waals surface area (Å²) in [6.07, 6.45) is 1.68. The average molecular weight is 410 g/mol. The molecule has 1 aliphatic carbocycles. The van der Waals surface area contributed by atoms with E-state index in [0.717, 1.165) is 29.4 Å². The van der Waals surface area contributed by atoms with E-state index in [0.29, 0.717) is 18.0 Å². The third kappa shape index (κ3) is 2.76. The van der Waals surface area contributed by atoms with Crippen molar-refractivity contribution in [1.29, 1.82) is 0 Å². The monoisotopic (exact) mass is 409 g/mol. The van der Waals surface area contributed by atoms with E-state index in [2.05, 4.69) is 20.7 Å². The molecular formula is C18H14BrF2NO3. The van der Waals surface area contributed by atoms with Crippen molar-refractivity contribution in [1.82, 2.24) is 0 Å². The molecule has 1 heterocycles. The molecule has 2 aromatic rings. The Morgan fingerprint density at radius 1 is 1.24 bits per heavy atom. The van der Waals surface area contributed by atoms with Crippen LogP contribution in [0.5, 0.6) is 11.5 Å².